The smallest absolute Gasteiger partial charge is 0.475 e. The Balaban J connectivity index is 0.000000345. The summed E-state index contributed by atoms with van der Waals surface area (Å²) in [6, 6.07) is 5.64. The molecule has 3 rings (SSSR count). The molecule has 0 bridgehead atoms. The molecule has 1 amide bonds. The molecule has 0 aromatic carbocycles. The molecule has 2 aliphatic rings. The van der Waals surface area contributed by atoms with Gasteiger partial charge in [-0.2, -0.15) is 13.2 Å². The number of carboxylic acids is 1. The molecule has 2 fully saturated rings. The van der Waals surface area contributed by atoms with Crippen LogP contribution in [0.15, 0.2) is 24.4 Å². The first-order valence-corrected chi connectivity index (χ1v) is 8.95. The molecule has 1 spiro atoms. The predicted octanol–water partition coefficient (Wildman–Crippen LogP) is 2.65. The van der Waals surface area contributed by atoms with Crippen molar-refractivity contribution in [1.29, 1.82) is 0 Å². The standard InChI is InChI=1S/C16H22N2O3.C2HF3O2/c1-2-15(19)18-9-5-7-16(12-18)10-13(11-20-16)21-14-6-3-4-8-17-14;3-2(4,5)1(6)7/h3-4,6,8,13H,2,5,7,9-12H2,1H3;(H,6,7)/t13-,16+;/m1./s1. The molecule has 0 aliphatic carbocycles. The average Bonchev–Trinajstić information content (AvgIpc) is 3.03. The van der Waals surface area contributed by atoms with E-state index in [4.69, 9.17) is 19.4 Å². The topological polar surface area (TPSA) is 89.0 Å². The van der Waals surface area contributed by atoms with Crippen LogP contribution in [-0.4, -0.2) is 64.4 Å². The zero-order valence-corrected chi connectivity index (χ0v) is 15.4. The van der Waals surface area contributed by atoms with Gasteiger partial charge in [0.15, 0.2) is 0 Å². The van der Waals surface area contributed by atoms with Gasteiger partial charge in [-0.15, -0.1) is 0 Å². The maximum atomic E-state index is 11.9. The second-order valence-electron chi connectivity index (χ2n) is 6.68. The van der Waals surface area contributed by atoms with Crippen LogP contribution in [0, 0.1) is 0 Å². The molecule has 156 valence electrons. The fraction of sp³-hybridized carbons (Fsp3) is 0.611. The number of nitrogens with zero attached hydrogens (tertiary/aromatic N) is 2. The van der Waals surface area contributed by atoms with Gasteiger partial charge >= 0.3 is 12.1 Å². The van der Waals surface area contributed by atoms with Gasteiger partial charge in [-0.1, -0.05) is 13.0 Å². The van der Waals surface area contributed by atoms with Gasteiger partial charge in [0.05, 0.1) is 12.2 Å². The molecule has 0 radical (unpaired) electrons. The Morgan fingerprint density at radius 2 is 2.14 bits per heavy atom. The van der Waals surface area contributed by atoms with Crippen molar-refractivity contribution >= 4 is 11.9 Å². The first-order chi connectivity index (χ1) is 13.1. The Labute approximate surface area is 160 Å². The number of alkyl halides is 3. The van der Waals surface area contributed by atoms with Crippen LogP contribution in [0.2, 0.25) is 0 Å². The second kappa shape index (κ2) is 9.22. The highest BCUT2D eigenvalue weighted by Gasteiger charge is 2.45. The number of carbonyl (C=O) groups excluding carboxylic acids is 1. The summed E-state index contributed by atoms with van der Waals surface area (Å²) < 4.78 is 43.7. The fourth-order valence-electron chi connectivity index (χ4n) is 3.28. The summed E-state index contributed by atoms with van der Waals surface area (Å²) in [5, 5.41) is 7.12. The molecule has 0 unspecified atom stereocenters. The Bertz CT molecular complexity index is 671. The number of hydrogen-bond acceptors (Lipinski definition) is 5. The zero-order valence-electron chi connectivity index (χ0n) is 15.4. The number of amides is 1. The van der Waals surface area contributed by atoms with Gasteiger partial charge in [-0.05, 0) is 18.9 Å². The van der Waals surface area contributed by atoms with Crippen LogP contribution in [0.1, 0.15) is 32.6 Å². The molecule has 28 heavy (non-hydrogen) atoms. The van der Waals surface area contributed by atoms with E-state index in [1.165, 1.54) is 0 Å². The molecule has 2 aliphatic heterocycles. The normalized spacial score (nSPS) is 24.4. The van der Waals surface area contributed by atoms with Gasteiger partial charge in [0, 0.05) is 38.2 Å². The first-order valence-electron chi connectivity index (χ1n) is 8.95. The molecule has 0 saturated carbocycles. The minimum Gasteiger partial charge on any atom is -0.475 e. The molecule has 3 heterocycles. The lowest BCUT2D eigenvalue weighted by atomic mass is 9.89. The minimum atomic E-state index is -5.08. The van der Waals surface area contributed by atoms with E-state index < -0.39 is 12.1 Å². The number of hydrogen-bond donors (Lipinski definition) is 1. The highest BCUT2D eigenvalue weighted by molar-refractivity contribution is 5.76. The number of pyridine rings is 1. The van der Waals surface area contributed by atoms with Gasteiger partial charge in [-0.25, -0.2) is 9.78 Å². The molecule has 2 atom stereocenters. The second-order valence-corrected chi connectivity index (χ2v) is 6.68. The summed E-state index contributed by atoms with van der Waals surface area (Å²) in [5.74, 6) is -1.90. The molecule has 7 nitrogen and oxygen atoms in total. The summed E-state index contributed by atoms with van der Waals surface area (Å²) in [6.45, 7) is 4.03. The molecule has 1 N–H and O–H groups in total. The monoisotopic (exact) mass is 404 g/mol. The van der Waals surface area contributed by atoms with Crippen molar-refractivity contribution in [3.05, 3.63) is 24.4 Å². The Hall–Kier alpha value is -2.36. The molecular weight excluding hydrogens is 381 g/mol. The number of halogens is 3. The SMILES string of the molecule is CCC(=O)N1CCC[C@]2(C[C@@H](Oc3ccccn3)CO2)C1.O=C(O)C(F)(F)F. The highest BCUT2D eigenvalue weighted by Crippen LogP contribution is 2.36. The summed E-state index contributed by atoms with van der Waals surface area (Å²) in [6.07, 6.45) is 0.0611. The molecule has 2 saturated heterocycles. The van der Waals surface area contributed by atoms with Crippen LogP contribution >= 0.6 is 0 Å². The summed E-state index contributed by atoms with van der Waals surface area (Å²) >= 11 is 0. The van der Waals surface area contributed by atoms with Gasteiger partial charge in [-0.3, -0.25) is 4.79 Å². The van der Waals surface area contributed by atoms with Gasteiger partial charge < -0.3 is 19.5 Å². The van der Waals surface area contributed by atoms with Crippen molar-refractivity contribution < 1.29 is 37.3 Å². The number of rotatable bonds is 3. The van der Waals surface area contributed by atoms with Crippen LogP contribution in [0.4, 0.5) is 13.2 Å². The highest BCUT2D eigenvalue weighted by atomic mass is 19.4. The first kappa shape index (κ1) is 21.9. The Morgan fingerprint density at radius 3 is 2.71 bits per heavy atom. The quantitative estimate of drug-likeness (QED) is 0.833. The molecule has 1 aromatic rings. The molecular formula is C18H23F3N2O5. The van der Waals surface area contributed by atoms with E-state index >= 15 is 0 Å². The zero-order chi connectivity index (χ0) is 20.8. The number of aromatic nitrogens is 1. The van der Waals surface area contributed by atoms with Crippen molar-refractivity contribution in [2.24, 2.45) is 0 Å². The largest absolute Gasteiger partial charge is 0.490 e. The number of piperidine rings is 1. The van der Waals surface area contributed by atoms with E-state index in [0.717, 1.165) is 25.8 Å². The van der Waals surface area contributed by atoms with Gasteiger partial charge in [0.1, 0.15) is 6.10 Å². The summed E-state index contributed by atoms with van der Waals surface area (Å²) in [7, 11) is 0. The third-order valence-corrected chi connectivity index (χ3v) is 4.54. The lowest BCUT2D eigenvalue weighted by Crippen LogP contribution is -2.50. The summed E-state index contributed by atoms with van der Waals surface area (Å²) in [4.78, 5) is 26.9. The van der Waals surface area contributed by atoms with E-state index in [1.807, 2.05) is 30.0 Å². The van der Waals surface area contributed by atoms with Crippen molar-refractivity contribution in [2.45, 2.75) is 50.5 Å². The summed E-state index contributed by atoms with van der Waals surface area (Å²) in [5.41, 5.74) is -0.220. The number of carboxylic acid groups (broad SMARTS) is 1. The fourth-order valence-corrected chi connectivity index (χ4v) is 3.28. The van der Waals surface area contributed by atoms with Crippen molar-refractivity contribution in [3.63, 3.8) is 0 Å². The third kappa shape index (κ3) is 6.08. The lowest BCUT2D eigenvalue weighted by molar-refractivity contribution is -0.192. The van der Waals surface area contributed by atoms with Gasteiger partial charge in [0.2, 0.25) is 11.8 Å². The minimum absolute atomic E-state index is 0.0246. The Kier molecular flexibility index (Phi) is 7.22. The van der Waals surface area contributed by atoms with Crippen molar-refractivity contribution in [3.8, 4) is 5.88 Å². The van der Waals surface area contributed by atoms with E-state index in [9.17, 15) is 18.0 Å². The van der Waals surface area contributed by atoms with Crippen LogP contribution in [-0.2, 0) is 14.3 Å². The van der Waals surface area contributed by atoms with E-state index in [-0.39, 0.29) is 17.6 Å². The van der Waals surface area contributed by atoms with E-state index in [2.05, 4.69) is 4.98 Å². The van der Waals surface area contributed by atoms with Crippen molar-refractivity contribution in [2.75, 3.05) is 19.7 Å². The molecule has 1 aromatic heterocycles. The van der Waals surface area contributed by atoms with E-state index in [0.29, 0.717) is 25.5 Å². The maximum Gasteiger partial charge on any atom is 0.490 e. The number of likely N-dealkylation sites (tertiary alicyclic amines) is 1. The number of ether oxygens (including phenoxy) is 2. The maximum absolute atomic E-state index is 11.9. The number of carbonyl (C=O) groups is 2. The predicted molar refractivity (Wildman–Crippen MR) is 91.7 cm³/mol. The Morgan fingerprint density at radius 1 is 1.43 bits per heavy atom. The van der Waals surface area contributed by atoms with Crippen LogP contribution < -0.4 is 4.74 Å². The van der Waals surface area contributed by atoms with Crippen LogP contribution in [0.5, 0.6) is 5.88 Å². The molecule has 10 heteroatoms. The van der Waals surface area contributed by atoms with E-state index in [1.54, 1.807) is 6.20 Å². The van der Waals surface area contributed by atoms with Gasteiger partial charge in [0.25, 0.3) is 0 Å². The van der Waals surface area contributed by atoms with Crippen LogP contribution in [0.3, 0.4) is 0 Å². The average molecular weight is 404 g/mol. The number of aliphatic carboxylic acids is 1. The van der Waals surface area contributed by atoms with Crippen molar-refractivity contribution in [1.82, 2.24) is 9.88 Å². The van der Waals surface area contributed by atoms with Crippen LogP contribution in [0.25, 0.3) is 0 Å². The third-order valence-electron chi connectivity index (χ3n) is 4.54. The lowest BCUT2D eigenvalue weighted by Gasteiger charge is -2.39.